The summed E-state index contributed by atoms with van der Waals surface area (Å²) in [6, 6.07) is 12.6. The van der Waals surface area contributed by atoms with E-state index in [2.05, 4.69) is 16.0 Å². The number of carbonyl (C=O) groups excluding carboxylic acids is 3. The molecule has 0 aromatic heterocycles. The van der Waals surface area contributed by atoms with E-state index in [1.54, 1.807) is 48.5 Å². The molecule has 8 heteroatoms. The Kier molecular flexibility index (Phi) is 8.18. The van der Waals surface area contributed by atoms with Crippen molar-refractivity contribution >= 4 is 40.7 Å². The van der Waals surface area contributed by atoms with Crippen LogP contribution in [-0.2, 0) is 14.3 Å². The fraction of sp³-hybridized carbons (Fsp3) is 0.286. The van der Waals surface area contributed by atoms with Gasteiger partial charge in [0.25, 0.3) is 5.91 Å². The number of rotatable bonds is 8. The maximum absolute atomic E-state index is 12.8. The monoisotopic (exact) mass is 417 g/mol. The van der Waals surface area contributed by atoms with Crippen LogP contribution in [0.1, 0.15) is 24.2 Å². The van der Waals surface area contributed by atoms with Crippen LogP contribution in [0.2, 0.25) is 5.02 Å². The van der Waals surface area contributed by atoms with Crippen molar-refractivity contribution in [2.24, 2.45) is 5.92 Å². The lowest BCUT2D eigenvalue weighted by Crippen LogP contribution is -2.47. The maximum Gasteiger partial charge on any atom is 0.253 e. The van der Waals surface area contributed by atoms with Crippen LogP contribution < -0.4 is 16.0 Å². The molecule has 0 radical (unpaired) electrons. The quantitative estimate of drug-likeness (QED) is 0.613. The van der Waals surface area contributed by atoms with Gasteiger partial charge in [-0.3, -0.25) is 14.4 Å². The molecule has 0 saturated heterocycles. The van der Waals surface area contributed by atoms with Crippen molar-refractivity contribution in [3.63, 3.8) is 0 Å². The summed E-state index contributed by atoms with van der Waals surface area (Å²) >= 11 is 6.07. The number of nitrogens with one attached hydrogen (secondary N) is 3. The zero-order valence-corrected chi connectivity index (χ0v) is 17.2. The molecule has 0 saturated carbocycles. The Bertz CT molecular complexity index is 886. The zero-order valence-electron chi connectivity index (χ0n) is 16.5. The SMILES string of the molecule is COCC(=O)Nc1cccc(NC(=O)C(NC(=O)c2ccccc2Cl)C(C)C)c1. The third kappa shape index (κ3) is 6.58. The Morgan fingerprint density at radius 1 is 1.00 bits per heavy atom. The van der Waals surface area contributed by atoms with Crippen molar-refractivity contribution in [3.05, 3.63) is 59.1 Å². The van der Waals surface area contributed by atoms with Crippen LogP contribution in [0.5, 0.6) is 0 Å². The van der Waals surface area contributed by atoms with Crippen LogP contribution in [0, 0.1) is 5.92 Å². The number of carbonyl (C=O) groups is 3. The second kappa shape index (κ2) is 10.6. The molecule has 0 fully saturated rings. The van der Waals surface area contributed by atoms with Crippen molar-refractivity contribution in [1.29, 1.82) is 0 Å². The van der Waals surface area contributed by atoms with Crippen molar-refractivity contribution in [3.8, 4) is 0 Å². The number of ether oxygens (including phenoxy) is 1. The van der Waals surface area contributed by atoms with Gasteiger partial charge in [-0.25, -0.2) is 0 Å². The Labute approximate surface area is 174 Å². The van der Waals surface area contributed by atoms with Crippen LogP contribution in [0.15, 0.2) is 48.5 Å². The number of anilines is 2. The highest BCUT2D eigenvalue weighted by molar-refractivity contribution is 6.33. The van der Waals surface area contributed by atoms with E-state index in [-0.39, 0.29) is 24.3 Å². The van der Waals surface area contributed by atoms with E-state index in [0.717, 1.165) is 0 Å². The summed E-state index contributed by atoms with van der Waals surface area (Å²) in [6.45, 7) is 3.59. The Morgan fingerprint density at radius 3 is 2.28 bits per heavy atom. The van der Waals surface area contributed by atoms with Crippen LogP contribution in [0.4, 0.5) is 11.4 Å². The van der Waals surface area contributed by atoms with Gasteiger partial charge in [0, 0.05) is 18.5 Å². The molecule has 29 heavy (non-hydrogen) atoms. The summed E-state index contributed by atoms with van der Waals surface area (Å²) in [6.07, 6.45) is 0. The summed E-state index contributed by atoms with van der Waals surface area (Å²) in [7, 11) is 1.43. The fourth-order valence-electron chi connectivity index (χ4n) is 2.62. The van der Waals surface area contributed by atoms with E-state index in [0.29, 0.717) is 22.0 Å². The minimum atomic E-state index is -0.773. The molecule has 3 N–H and O–H groups in total. The molecule has 2 aromatic carbocycles. The van der Waals surface area contributed by atoms with Crippen LogP contribution in [0.25, 0.3) is 0 Å². The minimum absolute atomic E-state index is 0.0694. The first-order valence-corrected chi connectivity index (χ1v) is 9.44. The Balaban J connectivity index is 2.09. The molecular formula is C21H24ClN3O4. The van der Waals surface area contributed by atoms with Crippen molar-refractivity contribution in [2.45, 2.75) is 19.9 Å². The highest BCUT2D eigenvalue weighted by atomic mass is 35.5. The maximum atomic E-state index is 12.8. The first kappa shape index (κ1) is 22.4. The van der Waals surface area contributed by atoms with Gasteiger partial charge in [-0.05, 0) is 36.2 Å². The van der Waals surface area contributed by atoms with Gasteiger partial charge in [0.2, 0.25) is 11.8 Å². The van der Waals surface area contributed by atoms with Gasteiger partial charge in [-0.2, -0.15) is 0 Å². The number of halogens is 1. The number of methoxy groups -OCH3 is 1. The topological polar surface area (TPSA) is 96.5 Å². The lowest BCUT2D eigenvalue weighted by Gasteiger charge is -2.22. The standard InChI is InChI=1S/C21H24ClN3O4/c1-13(2)19(25-20(27)16-9-4-5-10-17(16)22)21(28)24-15-8-6-7-14(11-15)23-18(26)12-29-3/h4-11,13,19H,12H2,1-3H3,(H,23,26)(H,24,28)(H,25,27). The molecule has 0 spiro atoms. The highest BCUT2D eigenvalue weighted by Crippen LogP contribution is 2.18. The van der Waals surface area contributed by atoms with E-state index >= 15 is 0 Å². The summed E-state index contributed by atoms with van der Waals surface area (Å²) in [5.74, 6) is -1.26. The molecule has 1 unspecified atom stereocenters. The zero-order chi connectivity index (χ0) is 21.4. The second-order valence-corrected chi connectivity index (χ2v) is 7.13. The predicted octanol–water partition coefficient (Wildman–Crippen LogP) is 3.32. The van der Waals surface area contributed by atoms with Crippen LogP contribution in [-0.4, -0.2) is 37.5 Å². The van der Waals surface area contributed by atoms with Crippen LogP contribution in [0.3, 0.4) is 0 Å². The summed E-state index contributed by atoms with van der Waals surface area (Å²) in [5, 5.41) is 8.49. The van der Waals surface area contributed by atoms with Gasteiger partial charge >= 0.3 is 0 Å². The number of amides is 3. The smallest absolute Gasteiger partial charge is 0.253 e. The number of benzene rings is 2. The molecule has 2 rings (SSSR count). The van der Waals surface area contributed by atoms with E-state index in [1.807, 2.05) is 13.8 Å². The van der Waals surface area contributed by atoms with Gasteiger partial charge in [-0.15, -0.1) is 0 Å². The molecular weight excluding hydrogens is 394 g/mol. The van der Waals surface area contributed by atoms with E-state index in [4.69, 9.17) is 16.3 Å². The Morgan fingerprint density at radius 2 is 1.66 bits per heavy atom. The van der Waals surface area contributed by atoms with Crippen molar-refractivity contribution in [2.75, 3.05) is 24.4 Å². The molecule has 7 nitrogen and oxygen atoms in total. The molecule has 3 amide bonds. The van der Waals surface area contributed by atoms with Crippen molar-refractivity contribution < 1.29 is 19.1 Å². The van der Waals surface area contributed by atoms with E-state index in [1.165, 1.54) is 7.11 Å². The van der Waals surface area contributed by atoms with E-state index in [9.17, 15) is 14.4 Å². The fourth-order valence-corrected chi connectivity index (χ4v) is 2.84. The molecule has 0 heterocycles. The Hall–Kier alpha value is -2.90. The predicted molar refractivity (Wildman–Crippen MR) is 113 cm³/mol. The van der Waals surface area contributed by atoms with Gasteiger partial charge < -0.3 is 20.7 Å². The van der Waals surface area contributed by atoms with Gasteiger partial charge in [0.05, 0.1) is 10.6 Å². The number of hydrogen-bond acceptors (Lipinski definition) is 4. The molecule has 0 aliphatic heterocycles. The largest absolute Gasteiger partial charge is 0.375 e. The third-order valence-electron chi connectivity index (χ3n) is 4.04. The lowest BCUT2D eigenvalue weighted by molar-refractivity contribution is -0.120. The van der Waals surface area contributed by atoms with Crippen molar-refractivity contribution in [1.82, 2.24) is 5.32 Å². The van der Waals surface area contributed by atoms with Crippen LogP contribution >= 0.6 is 11.6 Å². The first-order valence-electron chi connectivity index (χ1n) is 9.07. The highest BCUT2D eigenvalue weighted by Gasteiger charge is 2.25. The van der Waals surface area contributed by atoms with Gasteiger partial charge in [0.1, 0.15) is 12.6 Å². The minimum Gasteiger partial charge on any atom is -0.375 e. The summed E-state index contributed by atoms with van der Waals surface area (Å²) in [4.78, 5) is 37.0. The lowest BCUT2D eigenvalue weighted by atomic mass is 10.0. The molecule has 0 aliphatic carbocycles. The third-order valence-corrected chi connectivity index (χ3v) is 4.37. The average Bonchev–Trinajstić information content (AvgIpc) is 2.66. The normalized spacial score (nSPS) is 11.6. The van der Waals surface area contributed by atoms with Gasteiger partial charge in [-0.1, -0.05) is 43.6 Å². The summed E-state index contributed by atoms with van der Waals surface area (Å²) in [5.41, 5.74) is 1.31. The molecule has 154 valence electrons. The van der Waals surface area contributed by atoms with E-state index < -0.39 is 11.9 Å². The molecule has 2 aromatic rings. The summed E-state index contributed by atoms with van der Waals surface area (Å²) < 4.78 is 4.78. The first-order chi connectivity index (χ1) is 13.8. The second-order valence-electron chi connectivity index (χ2n) is 6.73. The molecule has 1 atom stereocenters. The van der Waals surface area contributed by atoms with Gasteiger partial charge in [0.15, 0.2) is 0 Å². The molecule has 0 bridgehead atoms. The molecule has 0 aliphatic rings. The average molecular weight is 418 g/mol. The number of hydrogen-bond donors (Lipinski definition) is 3.